The van der Waals surface area contributed by atoms with E-state index < -0.39 is 24.4 Å². The Labute approximate surface area is 374 Å². The van der Waals surface area contributed by atoms with Gasteiger partial charge in [-0.25, -0.2) is 4.98 Å². The summed E-state index contributed by atoms with van der Waals surface area (Å²) >= 11 is -1.37. The van der Waals surface area contributed by atoms with Gasteiger partial charge in [-0.15, -0.1) is 4.31 Å². The van der Waals surface area contributed by atoms with E-state index in [0.29, 0.717) is 31.8 Å². The Hall–Kier alpha value is -4.57. The predicted molar refractivity (Wildman–Crippen MR) is 257 cm³/mol. The molecule has 3 atom stereocenters. The standard InChI is InChI=1S/C52H63N5O3SSi/c1-51(2,3)61(59)57-37-42-35-46(50(58)53-43-29-32-56(38-43)36-40-20-12-9-13-21-40)54-49(41-24-18-22-39(34-41)23-19-31-55(7)8)48(42)47(57)30-33-60-62(52(4,5)6,44-25-14-10-15-26-44)45-27-16-11-17-28-45/h9-18,20-22,24-28,34-35,43,47H,29-33,36-38H2,1-8H3,(H,53,58). The lowest BCUT2D eigenvalue weighted by molar-refractivity contribution is 0.0932. The molecule has 1 N–H and O–H groups in total. The number of hydrogen-bond donors (Lipinski definition) is 1. The number of pyridine rings is 1. The Morgan fingerprint density at radius 3 is 2.16 bits per heavy atom. The van der Waals surface area contributed by atoms with Gasteiger partial charge in [-0.2, -0.15) is 0 Å². The highest BCUT2D eigenvalue weighted by Gasteiger charge is 2.51. The number of amides is 1. The Morgan fingerprint density at radius 1 is 0.903 bits per heavy atom. The second kappa shape index (κ2) is 19.4. The van der Waals surface area contributed by atoms with Gasteiger partial charge in [0.1, 0.15) is 10.4 Å². The zero-order valence-corrected chi connectivity index (χ0v) is 39.6. The van der Waals surface area contributed by atoms with Crippen LogP contribution in [-0.4, -0.2) is 89.0 Å². The van der Waals surface area contributed by atoms with Gasteiger partial charge in [0.2, 0.25) is 0 Å². The molecule has 2 aliphatic heterocycles. The zero-order chi connectivity index (χ0) is 44.1. The molecule has 10 heteroatoms. The average Bonchev–Trinajstić information content (AvgIpc) is 3.85. The van der Waals surface area contributed by atoms with E-state index in [1.54, 1.807) is 0 Å². The SMILES string of the molecule is CN(C)CC#Cc1cccc(-c2nc(C(=O)NC3CCN(Cc4ccccc4)C3)cc3c2C(CCO[Si](c2ccccc2)(c2ccccc2)C(C)(C)C)N([S+]([O-])C(C)(C)C)C3)c1. The Bertz CT molecular complexity index is 2320. The van der Waals surface area contributed by atoms with Gasteiger partial charge in [-0.3, -0.25) is 14.6 Å². The first-order valence-corrected chi connectivity index (χ1v) is 24.9. The lowest BCUT2D eigenvalue weighted by Gasteiger charge is -2.43. The van der Waals surface area contributed by atoms with E-state index in [9.17, 15) is 9.35 Å². The molecule has 0 aliphatic carbocycles. The fourth-order valence-corrected chi connectivity index (χ4v) is 15.0. The van der Waals surface area contributed by atoms with E-state index in [-0.39, 0.29) is 23.0 Å². The number of benzene rings is 4. The first-order valence-electron chi connectivity index (χ1n) is 21.9. The largest absolute Gasteiger partial charge is 0.597 e. The molecule has 0 saturated carbocycles. The van der Waals surface area contributed by atoms with Crippen LogP contribution in [0.5, 0.6) is 0 Å². The van der Waals surface area contributed by atoms with Crippen molar-refractivity contribution in [3.8, 4) is 23.1 Å². The second-order valence-corrected chi connectivity index (χ2v) is 25.5. The van der Waals surface area contributed by atoms with E-state index in [1.165, 1.54) is 15.9 Å². The van der Waals surface area contributed by atoms with Crippen molar-refractivity contribution in [2.24, 2.45) is 0 Å². The summed E-state index contributed by atoms with van der Waals surface area (Å²) in [7, 11) is 1.15. The lowest BCUT2D eigenvalue weighted by Crippen LogP contribution is -2.66. The minimum Gasteiger partial charge on any atom is -0.597 e. The van der Waals surface area contributed by atoms with Crippen LogP contribution in [0, 0.1) is 11.8 Å². The van der Waals surface area contributed by atoms with Gasteiger partial charge in [0.05, 0.1) is 24.8 Å². The van der Waals surface area contributed by atoms with E-state index in [1.807, 2.05) is 64.0 Å². The van der Waals surface area contributed by atoms with Gasteiger partial charge in [0.15, 0.2) is 0 Å². The molecular weight excluding hydrogens is 803 g/mol. The van der Waals surface area contributed by atoms with Gasteiger partial charge in [-0.1, -0.05) is 136 Å². The molecule has 3 unspecified atom stereocenters. The van der Waals surface area contributed by atoms with Crippen LogP contribution in [0.25, 0.3) is 11.3 Å². The van der Waals surface area contributed by atoms with Crippen molar-refractivity contribution in [1.29, 1.82) is 0 Å². The molecule has 3 heterocycles. The summed E-state index contributed by atoms with van der Waals surface area (Å²) in [6.07, 6.45) is 1.46. The number of rotatable bonds is 13. The van der Waals surface area contributed by atoms with Gasteiger partial charge < -0.3 is 14.3 Å². The smallest absolute Gasteiger partial charge is 0.270 e. The monoisotopic (exact) mass is 865 g/mol. The number of nitrogens with zero attached hydrogens (tertiary/aromatic N) is 4. The number of carbonyl (C=O) groups is 1. The predicted octanol–water partition coefficient (Wildman–Crippen LogP) is 7.95. The normalized spacial score (nSPS) is 17.7. The molecule has 0 radical (unpaired) electrons. The maximum Gasteiger partial charge on any atom is 0.270 e. The molecular formula is C52H63N5O3SSi. The van der Waals surface area contributed by atoms with Crippen molar-refractivity contribution in [3.63, 3.8) is 0 Å². The molecule has 0 bridgehead atoms. The van der Waals surface area contributed by atoms with Crippen LogP contribution in [0.15, 0.2) is 121 Å². The van der Waals surface area contributed by atoms with Crippen molar-refractivity contribution in [2.45, 2.75) is 89.3 Å². The molecule has 324 valence electrons. The number of aromatic nitrogens is 1. The molecule has 0 spiro atoms. The van der Waals surface area contributed by atoms with Crippen LogP contribution < -0.4 is 15.7 Å². The number of nitrogens with one attached hydrogen (secondary N) is 1. The average molecular weight is 866 g/mol. The molecule has 5 aromatic rings. The van der Waals surface area contributed by atoms with Crippen molar-refractivity contribution >= 4 is 36.0 Å². The Kier molecular flexibility index (Phi) is 14.3. The molecule has 1 fully saturated rings. The summed E-state index contributed by atoms with van der Waals surface area (Å²) in [6.45, 7) is 17.0. The van der Waals surface area contributed by atoms with Crippen molar-refractivity contribution < 1.29 is 13.8 Å². The third-order valence-electron chi connectivity index (χ3n) is 11.9. The van der Waals surface area contributed by atoms with Crippen LogP contribution in [0.4, 0.5) is 0 Å². The van der Waals surface area contributed by atoms with Crippen LogP contribution >= 0.6 is 0 Å². The first kappa shape index (κ1) is 45.5. The van der Waals surface area contributed by atoms with Gasteiger partial charge >= 0.3 is 0 Å². The molecule has 2 aliphatic rings. The van der Waals surface area contributed by atoms with E-state index >= 15 is 0 Å². The van der Waals surface area contributed by atoms with Crippen LogP contribution in [-0.2, 0) is 28.9 Å². The minimum atomic E-state index is -2.86. The highest BCUT2D eigenvalue weighted by Crippen LogP contribution is 2.46. The molecule has 1 aromatic heterocycles. The minimum absolute atomic E-state index is 0.0104. The summed E-state index contributed by atoms with van der Waals surface area (Å²) in [5, 5.41) is 5.58. The first-order chi connectivity index (χ1) is 29.6. The maximum absolute atomic E-state index is 14.7. The lowest BCUT2D eigenvalue weighted by atomic mass is 9.95. The zero-order valence-electron chi connectivity index (χ0n) is 37.8. The molecule has 8 nitrogen and oxygen atoms in total. The fourth-order valence-electron chi connectivity index (χ4n) is 9.01. The van der Waals surface area contributed by atoms with E-state index in [2.05, 4.69) is 144 Å². The fraction of sp³-hybridized carbons (Fsp3) is 0.385. The highest BCUT2D eigenvalue weighted by atomic mass is 32.2. The Balaban J connectivity index is 1.27. The van der Waals surface area contributed by atoms with Crippen molar-refractivity contribution in [2.75, 3.05) is 40.3 Å². The molecule has 1 saturated heterocycles. The van der Waals surface area contributed by atoms with Crippen LogP contribution in [0.2, 0.25) is 5.04 Å². The van der Waals surface area contributed by atoms with Crippen molar-refractivity contribution in [1.82, 2.24) is 24.4 Å². The molecule has 62 heavy (non-hydrogen) atoms. The summed E-state index contributed by atoms with van der Waals surface area (Å²) in [4.78, 5) is 24.0. The number of carbonyl (C=O) groups excluding carboxylic acids is 1. The summed E-state index contributed by atoms with van der Waals surface area (Å²) in [5.74, 6) is 6.42. The topological polar surface area (TPSA) is 84.0 Å². The van der Waals surface area contributed by atoms with Gasteiger partial charge in [-0.05, 0) is 92.4 Å². The van der Waals surface area contributed by atoms with E-state index in [0.717, 1.165) is 54.0 Å². The van der Waals surface area contributed by atoms with E-state index in [4.69, 9.17) is 9.41 Å². The Morgan fingerprint density at radius 2 is 1.55 bits per heavy atom. The third kappa shape index (κ3) is 10.3. The summed E-state index contributed by atoms with van der Waals surface area (Å²) in [6, 6.07) is 41.7. The number of likely N-dealkylation sites (tertiary alicyclic amines) is 1. The van der Waals surface area contributed by atoms with Gasteiger partial charge in [0, 0.05) is 60.3 Å². The number of hydrogen-bond acceptors (Lipinski definition) is 7. The van der Waals surface area contributed by atoms with Gasteiger partial charge in [0.25, 0.3) is 14.2 Å². The molecule has 1 amide bonds. The van der Waals surface area contributed by atoms with Crippen molar-refractivity contribution in [3.05, 3.63) is 149 Å². The van der Waals surface area contributed by atoms with Crippen LogP contribution in [0.1, 0.15) is 93.2 Å². The van der Waals surface area contributed by atoms with Crippen LogP contribution in [0.3, 0.4) is 0 Å². The summed E-state index contributed by atoms with van der Waals surface area (Å²) in [5.41, 5.74) is 6.08. The number of fused-ring (bicyclic) bond motifs is 1. The maximum atomic E-state index is 14.7. The summed E-state index contributed by atoms with van der Waals surface area (Å²) < 4.78 is 23.7. The quantitative estimate of drug-likeness (QED) is 0.0732. The highest BCUT2D eigenvalue weighted by molar-refractivity contribution is 7.90. The second-order valence-electron chi connectivity index (χ2n) is 19.0. The third-order valence-corrected chi connectivity index (χ3v) is 18.8. The molecule has 7 rings (SSSR count). The molecule has 4 aromatic carbocycles.